The topological polar surface area (TPSA) is 210 Å². The highest BCUT2D eigenvalue weighted by molar-refractivity contribution is 4.83. The van der Waals surface area contributed by atoms with E-state index < -0.39 is 42.2 Å². The van der Waals surface area contributed by atoms with Crippen molar-refractivity contribution in [3.05, 3.63) is 0 Å². The van der Waals surface area contributed by atoms with E-state index in [2.05, 4.69) is 6.92 Å². The molecule has 0 spiro atoms. The monoisotopic (exact) mass is 588 g/mol. The van der Waals surface area contributed by atoms with Crippen molar-refractivity contribution in [1.82, 2.24) is 4.90 Å². The van der Waals surface area contributed by atoms with Gasteiger partial charge in [-0.1, -0.05) is 27.7 Å². The molecule has 10 N–H and O–H groups in total. The molecular formula is C28H64N2O10. The summed E-state index contributed by atoms with van der Waals surface area (Å²) in [7, 11) is 0. The van der Waals surface area contributed by atoms with Crippen LogP contribution in [-0.2, 0) is 9.47 Å². The van der Waals surface area contributed by atoms with Crippen LogP contribution in [0, 0.1) is 0 Å². The summed E-state index contributed by atoms with van der Waals surface area (Å²) in [5.74, 6) is 0. The Morgan fingerprint density at radius 1 is 0.675 bits per heavy atom. The maximum absolute atomic E-state index is 10.4. The van der Waals surface area contributed by atoms with E-state index in [4.69, 9.17) is 25.4 Å². The van der Waals surface area contributed by atoms with Gasteiger partial charge in [-0.3, -0.25) is 4.90 Å². The second-order valence-electron chi connectivity index (χ2n) is 10.8. The van der Waals surface area contributed by atoms with Crippen molar-refractivity contribution in [2.45, 2.75) is 129 Å². The lowest BCUT2D eigenvalue weighted by molar-refractivity contribution is -0.101. The van der Waals surface area contributed by atoms with Gasteiger partial charge in [-0.2, -0.15) is 0 Å². The predicted octanol–water partition coefficient (Wildman–Crippen LogP) is -0.400. The zero-order chi connectivity index (χ0) is 31.9. The summed E-state index contributed by atoms with van der Waals surface area (Å²) in [6, 6.07) is 0. The maximum atomic E-state index is 10.4. The first kappa shape index (κ1) is 44.0. The lowest BCUT2D eigenvalue weighted by atomic mass is 10.0. The normalized spacial score (nSPS) is 16.6. The number of nitrogens with two attached hydrogens (primary N) is 1. The van der Waals surface area contributed by atoms with E-state index in [1.54, 1.807) is 4.90 Å². The van der Waals surface area contributed by atoms with Crippen LogP contribution in [0.3, 0.4) is 0 Å². The van der Waals surface area contributed by atoms with E-state index in [0.29, 0.717) is 13.0 Å². The second-order valence-corrected chi connectivity index (χ2v) is 10.8. The van der Waals surface area contributed by atoms with E-state index in [0.717, 1.165) is 13.0 Å². The Bertz CT molecular complexity index is 531. The fraction of sp³-hybridized carbons (Fsp3) is 1.00. The Balaban J connectivity index is -0.00000255. The Labute approximate surface area is 242 Å². The van der Waals surface area contributed by atoms with Crippen LogP contribution in [-0.4, -0.2) is 146 Å². The van der Waals surface area contributed by atoms with Crippen LogP contribution in [0.4, 0.5) is 0 Å². The van der Waals surface area contributed by atoms with Gasteiger partial charge in [0.05, 0.1) is 48.8 Å². The molecule has 0 aromatic rings. The standard InChI is InChI=1S/C24H51NO10.C2H7N.C2H6/c1-6-23(2,3)34-13-9-24(4,5)35-14-10-25(15-19(30)21(32)17(28)7-11-26)16-20(31)22(33)18(29)8-12-27;1-2-3;1-2/h17-22,26-33H,6-16H2,1-5H3;2-3H2,1H3;1-2H3. The molecule has 0 amide bonds. The van der Waals surface area contributed by atoms with Gasteiger partial charge in [-0.25, -0.2) is 0 Å². The summed E-state index contributed by atoms with van der Waals surface area (Å²) in [4.78, 5) is 1.55. The first-order valence-corrected chi connectivity index (χ1v) is 14.6. The Morgan fingerprint density at radius 3 is 1.40 bits per heavy atom. The van der Waals surface area contributed by atoms with E-state index in [9.17, 15) is 30.6 Å². The number of nitrogens with zero attached hydrogens (tertiary/aromatic N) is 1. The summed E-state index contributed by atoms with van der Waals surface area (Å²) in [5.41, 5.74) is 4.11. The number of hydrogen-bond acceptors (Lipinski definition) is 12. The van der Waals surface area contributed by atoms with Gasteiger partial charge in [0.15, 0.2) is 0 Å². The molecule has 0 radical (unpaired) electrons. The highest BCUT2D eigenvalue weighted by Crippen LogP contribution is 2.19. The highest BCUT2D eigenvalue weighted by Gasteiger charge is 2.30. The van der Waals surface area contributed by atoms with Gasteiger partial charge in [0.25, 0.3) is 0 Å². The Kier molecular flexibility index (Phi) is 27.5. The molecule has 40 heavy (non-hydrogen) atoms. The number of ether oxygens (including phenoxy) is 2. The van der Waals surface area contributed by atoms with Crippen molar-refractivity contribution in [3.8, 4) is 0 Å². The van der Waals surface area contributed by atoms with E-state index in [-0.39, 0.29) is 57.9 Å². The zero-order valence-electron chi connectivity index (χ0n) is 26.4. The molecule has 0 bridgehead atoms. The van der Waals surface area contributed by atoms with Crippen LogP contribution in [0.1, 0.15) is 81.1 Å². The molecule has 12 nitrogen and oxygen atoms in total. The molecular weight excluding hydrogens is 524 g/mol. The molecule has 0 heterocycles. The molecule has 0 aromatic carbocycles. The minimum absolute atomic E-state index is 0.110. The molecule has 0 aliphatic rings. The van der Waals surface area contributed by atoms with Crippen LogP contribution in [0.25, 0.3) is 0 Å². The molecule has 0 rings (SSSR count). The molecule has 0 saturated carbocycles. The zero-order valence-corrected chi connectivity index (χ0v) is 26.4. The minimum atomic E-state index is -1.52. The molecule has 6 atom stereocenters. The van der Waals surface area contributed by atoms with Gasteiger partial charge in [0.1, 0.15) is 12.2 Å². The third-order valence-corrected chi connectivity index (χ3v) is 6.27. The number of aliphatic hydroxyl groups is 8. The van der Waals surface area contributed by atoms with Gasteiger partial charge in [0, 0.05) is 32.8 Å². The first-order valence-electron chi connectivity index (χ1n) is 14.6. The quantitative estimate of drug-likeness (QED) is 0.0839. The molecule has 6 unspecified atom stereocenters. The summed E-state index contributed by atoms with van der Waals surface area (Å²) >= 11 is 0. The van der Waals surface area contributed by atoms with Crippen molar-refractivity contribution in [2.75, 3.05) is 52.6 Å². The van der Waals surface area contributed by atoms with E-state index in [1.807, 2.05) is 48.5 Å². The summed E-state index contributed by atoms with van der Waals surface area (Å²) in [6.07, 6.45) is -7.22. The smallest absolute Gasteiger partial charge is 0.107 e. The van der Waals surface area contributed by atoms with Gasteiger partial charge in [0.2, 0.25) is 0 Å². The van der Waals surface area contributed by atoms with Crippen molar-refractivity contribution < 1.29 is 50.3 Å². The first-order chi connectivity index (χ1) is 18.6. The van der Waals surface area contributed by atoms with Crippen LogP contribution in [0.2, 0.25) is 0 Å². The van der Waals surface area contributed by atoms with Crippen molar-refractivity contribution in [1.29, 1.82) is 0 Å². The fourth-order valence-corrected chi connectivity index (χ4v) is 3.32. The molecule has 12 heteroatoms. The number of hydrogen-bond donors (Lipinski definition) is 9. The van der Waals surface area contributed by atoms with Crippen LogP contribution in [0.5, 0.6) is 0 Å². The minimum Gasteiger partial charge on any atom is -0.396 e. The Morgan fingerprint density at radius 2 is 1.05 bits per heavy atom. The Hall–Kier alpha value is -0.480. The van der Waals surface area contributed by atoms with Crippen molar-refractivity contribution in [3.63, 3.8) is 0 Å². The molecule has 246 valence electrons. The third kappa shape index (κ3) is 22.2. The van der Waals surface area contributed by atoms with Crippen LogP contribution in [0.15, 0.2) is 0 Å². The average molecular weight is 589 g/mol. The summed E-state index contributed by atoms with van der Waals surface area (Å²) in [6.45, 7) is 16.5. The second kappa shape index (κ2) is 25.1. The summed E-state index contributed by atoms with van der Waals surface area (Å²) < 4.78 is 11.9. The number of aliphatic hydroxyl groups excluding tert-OH is 8. The summed E-state index contributed by atoms with van der Waals surface area (Å²) in [5, 5.41) is 78.7. The van der Waals surface area contributed by atoms with Crippen molar-refractivity contribution in [2.24, 2.45) is 5.73 Å². The SMILES string of the molecule is CC.CCC(C)(C)OCCC(C)(C)OCCN(CC(O)C(O)C(O)CCO)CC(O)C(O)C(O)CCO.CCN. The van der Waals surface area contributed by atoms with Crippen molar-refractivity contribution >= 4 is 0 Å². The predicted molar refractivity (Wildman–Crippen MR) is 157 cm³/mol. The fourth-order valence-electron chi connectivity index (χ4n) is 3.32. The maximum Gasteiger partial charge on any atom is 0.107 e. The number of rotatable bonds is 21. The van der Waals surface area contributed by atoms with Crippen LogP contribution >= 0.6 is 0 Å². The lowest BCUT2D eigenvalue weighted by Gasteiger charge is -2.33. The van der Waals surface area contributed by atoms with Crippen LogP contribution < -0.4 is 5.73 Å². The highest BCUT2D eigenvalue weighted by atomic mass is 16.5. The van der Waals surface area contributed by atoms with Gasteiger partial charge in [-0.05, 0) is 59.9 Å². The van der Waals surface area contributed by atoms with Gasteiger partial charge >= 0.3 is 0 Å². The largest absolute Gasteiger partial charge is 0.396 e. The molecule has 0 aromatic heterocycles. The van der Waals surface area contributed by atoms with Gasteiger partial charge in [-0.15, -0.1) is 0 Å². The lowest BCUT2D eigenvalue weighted by Crippen LogP contribution is -2.50. The van der Waals surface area contributed by atoms with Gasteiger partial charge < -0.3 is 56.1 Å². The molecule has 0 aliphatic carbocycles. The molecule has 0 aliphatic heterocycles. The third-order valence-electron chi connectivity index (χ3n) is 6.27. The van der Waals surface area contributed by atoms with E-state index in [1.165, 1.54) is 0 Å². The average Bonchev–Trinajstić information content (AvgIpc) is 2.89. The molecule has 0 fully saturated rings. The molecule has 0 saturated heterocycles. The van der Waals surface area contributed by atoms with E-state index >= 15 is 0 Å².